The second-order valence-electron chi connectivity index (χ2n) is 7.20. The minimum absolute atomic E-state index is 0.100. The van der Waals surface area contributed by atoms with Gasteiger partial charge < -0.3 is 10.2 Å². The van der Waals surface area contributed by atoms with Gasteiger partial charge in [-0.15, -0.1) is 11.3 Å². The lowest BCUT2D eigenvalue weighted by Gasteiger charge is -2.32. The van der Waals surface area contributed by atoms with E-state index in [1.165, 1.54) is 35.5 Å². The highest BCUT2D eigenvalue weighted by Crippen LogP contribution is 2.23. The normalized spacial score (nSPS) is 26.4. The van der Waals surface area contributed by atoms with Crippen LogP contribution in [0.1, 0.15) is 32.6 Å². The first-order chi connectivity index (χ1) is 12.0. The Labute approximate surface area is 154 Å². The van der Waals surface area contributed by atoms with Crippen LogP contribution in [0.2, 0.25) is 0 Å². The number of sulfonamides is 1. The number of hydrogen-bond donors (Lipinski definition) is 2. The van der Waals surface area contributed by atoms with E-state index >= 15 is 0 Å². The predicted octanol–water partition coefficient (Wildman–Crippen LogP) is 0.332. The summed E-state index contributed by atoms with van der Waals surface area (Å²) in [7, 11) is -3.36. The molecule has 1 aliphatic carbocycles. The van der Waals surface area contributed by atoms with Crippen LogP contribution in [0.3, 0.4) is 0 Å². The molecule has 0 aromatic carbocycles. The van der Waals surface area contributed by atoms with E-state index in [4.69, 9.17) is 0 Å². The average Bonchev–Trinajstić information content (AvgIpc) is 3.13. The fourth-order valence-corrected chi connectivity index (χ4v) is 6.36. The molecular formula is C17H28N3O3S2+. The fourth-order valence-electron chi connectivity index (χ4n) is 3.77. The molecular weight excluding hydrogens is 358 g/mol. The standard InChI is InChI=1S/C17H27N3O3S2/c1-14-5-2-3-6-15(14)18-16(21)13-19-8-10-20(11-9-19)25(22,23)17-7-4-12-24-17/h4,7,12,14-15H,2-3,5-6,8-11,13H2,1H3,(H,18,21)/p+1/t14-,15+/m1/s1. The Kier molecular flexibility index (Phi) is 6.14. The minimum Gasteiger partial charge on any atom is -0.348 e. The quantitative estimate of drug-likeness (QED) is 0.766. The topological polar surface area (TPSA) is 70.9 Å². The molecule has 6 nitrogen and oxygen atoms in total. The van der Waals surface area contributed by atoms with Crippen LogP contribution in [0.15, 0.2) is 21.7 Å². The largest absolute Gasteiger partial charge is 0.348 e. The number of carbonyl (C=O) groups is 1. The van der Waals surface area contributed by atoms with Crippen molar-refractivity contribution in [3.05, 3.63) is 17.5 Å². The molecule has 1 aromatic heterocycles. The molecule has 140 valence electrons. The van der Waals surface area contributed by atoms with Crippen molar-refractivity contribution in [2.45, 2.75) is 42.9 Å². The minimum atomic E-state index is -3.36. The zero-order chi connectivity index (χ0) is 17.9. The highest BCUT2D eigenvalue weighted by molar-refractivity contribution is 7.91. The molecule has 2 atom stereocenters. The van der Waals surface area contributed by atoms with Crippen molar-refractivity contribution in [1.29, 1.82) is 0 Å². The molecule has 1 aromatic rings. The van der Waals surface area contributed by atoms with Gasteiger partial charge in [0, 0.05) is 6.04 Å². The van der Waals surface area contributed by atoms with Gasteiger partial charge in [-0.25, -0.2) is 8.42 Å². The summed E-state index contributed by atoms with van der Waals surface area (Å²) in [5, 5.41) is 4.97. The van der Waals surface area contributed by atoms with Crippen molar-refractivity contribution >= 4 is 27.3 Å². The van der Waals surface area contributed by atoms with Gasteiger partial charge in [-0.1, -0.05) is 25.8 Å². The average molecular weight is 387 g/mol. The van der Waals surface area contributed by atoms with Crippen LogP contribution < -0.4 is 10.2 Å². The monoisotopic (exact) mass is 386 g/mol. The molecule has 0 bridgehead atoms. The Morgan fingerprint density at radius 2 is 2.04 bits per heavy atom. The van der Waals surface area contributed by atoms with E-state index in [1.54, 1.807) is 21.8 Å². The third-order valence-electron chi connectivity index (χ3n) is 5.39. The molecule has 0 radical (unpaired) electrons. The highest BCUT2D eigenvalue weighted by atomic mass is 32.2. The van der Waals surface area contributed by atoms with E-state index in [0.29, 0.717) is 48.9 Å². The number of quaternary nitrogens is 1. The SMILES string of the molecule is C[C@@H]1CCCC[C@@H]1NC(=O)C[NH+]1CCN(S(=O)(=O)c2cccs2)CC1. The van der Waals surface area contributed by atoms with Crippen molar-refractivity contribution < 1.29 is 18.1 Å². The van der Waals surface area contributed by atoms with Gasteiger partial charge in [0.05, 0.1) is 26.2 Å². The Morgan fingerprint density at radius 3 is 2.68 bits per heavy atom. The van der Waals surface area contributed by atoms with E-state index in [1.807, 2.05) is 0 Å². The van der Waals surface area contributed by atoms with E-state index in [2.05, 4.69) is 12.2 Å². The number of piperazine rings is 1. The van der Waals surface area contributed by atoms with Gasteiger partial charge in [0.2, 0.25) is 0 Å². The van der Waals surface area contributed by atoms with Gasteiger partial charge in [0.15, 0.2) is 6.54 Å². The summed E-state index contributed by atoms with van der Waals surface area (Å²) < 4.78 is 27.0. The van der Waals surface area contributed by atoms with Crippen LogP contribution in [-0.2, 0) is 14.8 Å². The maximum absolute atomic E-state index is 12.5. The number of rotatable bonds is 5. The second kappa shape index (κ2) is 8.16. The lowest BCUT2D eigenvalue weighted by molar-refractivity contribution is -0.895. The van der Waals surface area contributed by atoms with Gasteiger partial charge >= 0.3 is 0 Å². The Morgan fingerprint density at radius 1 is 1.32 bits per heavy atom. The van der Waals surface area contributed by atoms with Gasteiger partial charge in [-0.05, 0) is 30.2 Å². The summed E-state index contributed by atoms with van der Waals surface area (Å²) in [6.45, 7) is 4.96. The second-order valence-corrected chi connectivity index (χ2v) is 10.3. The molecule has 2 fully saturated rings. The molecule has 1 saturated heterocycles. The van der Waals surface area contributed by atoms with Crippen LogP contribution in [0.4, 0.5) is 0 Å². The van der Waals surface area contributed by atoms with Gasteiger partial charge in [-0.2, -0.15) is 4.31 Å². The van der Waals surface area contributed by atoms with Crippen LogP contribution in [0.25, 0.3) is 0 Å². The lowest BCUT2D eigenvalue weighted by atomic mass is 9.86. The van der Waals surface area contributed by atoms with Gasteiger partial charge in [0.25, 0.3) is 15.9 Å². The molecule has 0 unspecified atom stereocenters. The summed E-state index contributed by atoms with van der Waals surface area (Å²) in [5.74, 6) is 0.656. The third kappa shape index (κ3) is 4.61. The summed E-state index contributed by atoms with van der Waals surface area (Å²) in [5.41, 5.74) is 0. The number of nitrogens with one attached hydrogen (secondary N) is 2. The number of amides is 1. The van der Waals surface area contributed by atoms with Crippen LogP contribution in [0, 0.1) is 5.92 Å². The zero-order valence-corrected chi connectivity index (χ0v) is 16.4. The predicted molar refractivity (Wildman–Crippen MR) is 98.2 cm³/mol. The molecule has 1 saturated carbocycles. The third-order valence-corrected chi connectivity index (χ3v) is 8.66. The molecule has 25 heavy (non-hydrogen) atoms. The van der Waals surface area contributed by atoms with E-state index < -0.39 is 10.0 Å². The number of nitrogens with zero attached hydrogens (tertiary/aromatic N) is 1. The molecule has 8 heteroatoms. The Bertz CT molecular complexity index is 667. The first-order valence-corrected chi connectivity index (χ1v) is 11.5. The first kappa shape index (κ1) is 18.8. The summed E-state index contributed by atoms with van der Waals surface area (Å²) in [6, 6.07) is 3.72. The summed E-state index contributed by atoms with van der Waals surface area (Å²) >= 11 is 1.25. The Balaban J connectivity index is 1.47. The van der Waals surface area contributed by atoms with Crippen LogP contribution in [-0.4, -0.2) is 57.4 Å². The summed E-state index contributed by atoms with van der Waals surface area (Å²) in [4.78, 5) is 13.5. The van der Waals surface area contributed by atoms with E-state index in [0.717, 1.165) is 6.42 Å². The van der Waals surface area contributed by atoms with Crippen molar-refractivity contribution in [3.63, 3.8) is 0 Å². The maximum Gasteiger partial charge on any atom is 0.275 e. The van der Waals surface area contributed by atoms with Crippen LogP contribution in [0.5, 0.6) is 0 Å². The molecule has 0 spiro atoms. The molecule has 1 amide bonds. The fraction of sp³-hybridized carbons (Fsp3) is 0.706. The Hall–Kier alpha value is -0.960. The first-order valence-electron chi connectivity index (χ1n) is 9.13. The van der Waals surface area contributed by atoms with Crippen molar-refractivity contribution in [3.8, 4) is 0 Å². The molecule has 3 rings (SSSR count). The number of thiophene rings is 1. The van der Waals surface area contributed by atoms with Crippen molar-refractivity contribution in [2.24, 2.45) is 5.92 Å². The molecule has 2 heterocycles. The lowest BCUT2D eigenvalue weighted by Crippen LogP contribution is -3.15. The van der Waals surface area contributed by atoms with E-state index in [-0.39, 0.29) is 5.91 Å². The molecule has 2 aliphatic rings. The number of carbonyl (C=O) groups excluding carboxylic acids is 1. The smallest absolute Gasteiger partial charge is 0.275 e. The maximum atomic E-state index is 12.5. The van der Waals surface area contributed by atoms with Gasteiger partial charge in [0.1, 0.15) is 4.21 Å². The van der Waals surface area contributed by atoms with Crippen molar-refractivity contribution in [1.82, 2.24) is 9.62 Å². The van der Waals surface area contributed by atoms with Crippen molar-refractivity contribution in [2.75, 3.05) is 32.7 Å². The summed E-state index contributed by atoms with van der Waals surface area (Å²) in [6.07, 6.45) is 4.73. The van der Waals surface area contributed by atoms with Crippen LogP contribution >= 0.6 is 11.3 Å². The zero-order valence-electron chi connectivity index (χ0n) is 14.7. The number of hydrogen-bond acceptors (Lipinski definition) is 4. The molecule has 2 N–H and O–H groups in total. The van der Waals surface area contributed by atoms with Gasteiger partial charge in [-0.3, -0.25) is 4.79 Å². The molecule has 1 aliphatic heterocycles. The van der Waals surface area contributed by atoms with E-state index in [9.17, 15) is 13.2 Å². The highest BCUT2D eigenvalue weighted by Gasteiger charge is 2.32.